The molecule has 0 fully saturated rings. The molecule has 106 valence electrons. The first-order chi connectivity index (χ1) is 9.02. The molecule has 1 unspecified atom stereocenters. The van der Waals surface area contributed by atoms with Crippen molar-refractivity contribution in [2.24, 2.45) is 5.92 Å². The summed E-state index contributed by atoms with van der Waals surface area (Å²) in [5.74, 6) is 0.540. The van der Waals surface area contributed by atoms with Crippen molar-refractivity contribution in [3.05, 3.63) is 24.0 Å². The topological polar surface area (TPSA) is 54.0 Å². The Labute approximate surface area is 116 Å². The third-order valence-electron chi connectivity index (χ3n) is 3.03. The lowest BCUT2D eigenvalue weighted by Crippen LogP contribution is -2.25. The van der Waals surface area contributed by atoms with Gasteiger partial charge in [-0.1, -0.05) is 20.8 Å². The van der Waals surface area contributed by atoms with E-state index in [9.17, 15) is 4.79 Å². The van der Waals surface area contributed by atoms with Crippen molar-refractivity contribution in [1.29, 1.82) is 0 Å². The Morgan fingerprint density at radius 1 is 1.32 bits per heavy atom. The van der Waals surface area contributed by atoms with E-state index in [1.807, 2.05) is 6.07 Å². The van der Waals surface area contributed by atoms with E-state index in [0.717, 1.165) is 18.5 Å². The van der Waals surface area contributed by atoms with Crippen LogP contribution >= 0.6 is 0 Å². The summed E-state index contributed by atoms with van der Waals surface area (Å²) in [4.78, 5) is 16.1. The Balaban J connectivity index is 2.57. The molecule has 0 bridgehead atoms. The highest BCUT2D eigenvalue weighted by Crippen LogP contribution is 2.11. The molecule has 4 nitrogen and oxygen atoms in total. The van der Waals surface area contributed by atoms with Crippen LogP contribution in [0.1, 0.15) is 50.9 Å². The second-order valence-electron chi connectivity index (χ2n) is 5.35. The van der Waals surface area contributed by atoms with Crippen LogP contribution in [0.15, 0.2) is 18.5 Å². The number of nitrogens with zero attached hydrogens (tertiary/aromatic N) is 1. The van der Waals surface area contributed by atoms with Gasteiger partial charge >= 0.3 is 0 Å². The average molecular weight is 263 g/mol. The molecular formula is C15H25N3O. The number of carbonyl (C=O) groups is 1. The molecule has 1 atom stereocenters. The zero-order valence-electron chi connectivity index (χ0n) is 12.4. The molecule has 1 aromatic rings. The van der Waals surface area contributed by atoms with Gasteiger partial charge in [0.1, 0.15) is 0 Å². The zero-order valence-corrected chi connectivity index (χ0v) is 12.4. The van der Waals surface area contributed by atoms with E-state index in [-0.39, 0.29) is 5.91 Å². The molecule has 0 aromatic carbocycles. The lowest BCUT2D eigenvalue weighted by Gasteiger charge is -2.13. The van der Waals surface area contributed by atoms with Crippen molar-refractivity contribution in [3.63, 3.8) is 0 Å². The van der Waals surface area contributed by atoms with Crippen LogP contribution in [0.2, 0.25) is 0 Å². The molecule has 0 aliphatic rings. The van der Waals surface area contributed by atoms with E-state index < -0.39 is 0 Å². The van der Waals surface area contributed by atoms with Crippen molar-refractivity contribution in [1.82, 2.24) is 10.3 Å². The lowest BCUT2D eigenvalue weighted by atomic mass is 10.1. The molecule has 1 aromatic heterocycles. The third kappa shape index (κ3) is 5.73. The van der Waals surface area contributed by atoms with Gasteiger partial charge in [-0.15, -0.1) is 0 Å². The van der Waals surface area contributed by atoms with E-state index >= 15 is 0 Å². The first kappa shape index (κ1) is 15.5. The van der Waals surface area contributed by atoms with Crippen LogP contribution in [0.3, 0.4) is 0 Å². The van der Waals surface area contributed by atoms with E-state index in [1.54, 1.807) is 12.4 Å². The molecule has 0 spiro atoms. The van der Waals surface area contributed by atoms with Crippen molar-refractivity contribution in [3.8, 4) is 0 Å². The van der Waals surface area contributed by atoms with Gasteiger partial charge < -0.3 is 10.6 Å². The standard InChI is InChI=1S/C15H25N3O/c1-5-12(4)18-14-8-13(9-16-10-14)15(19)17-7-6-11(2)3/h8-12,18H,5-7H2,1-4H3,(H,17,19). The highest BCUT2D eigenvalue weighted by atomic mass is 16.1. The minimum absolute atomic E-state index is 0.0547. The van der Waals surface area contributed by atoms with Crippen LogP contribution in [-0.2, 0) is 0 Å². The smallest absolute Gasteiger partial charge is 0.252 e. The molecule has 2 N–H and O–H groups in total. The molecule has 0 radical (unpaired) electrons. The Hall–Kier alpha value is -1.58. The number of amides is 1. The highest BCUT2D eigenvalue weighted by Gasteiger charge is 2.07. The van der Waals surface area contributed by atoms with Gasteiger partial charge in [0, 0.05) is 25.0 Å². The van der Waals surface area contributed by atoms with Gasteiger partial charge in [0.25, 0.3) is 5.91 Å². The normalized spacial score (nSPS) is 12.3. The molecule has 19 heavy (non-hydrogen) atoms. The van der Waals surface area contributed by atoms with Crippen LogP contribution in [-0.4, -0.2) is 23.5 Å². The van der Waals surface area contributed by atoms with E-state index in [0.29, 0.717) is 24.1 Å². The summed E-state index contributed by atoms with van der Waals surface area (Å²) in [5, 5.41) is 6.24. The Morgan fingerprint density at radius 3 is 2.68 bits per heavy atom. The van der Waals surface area contributed by atoms with Crippen LogP contribution < -0.4 is 10.6 Å². The van der Waals surface area contributed by atoms with Gasteiger partial charge in [-0.2, -0.15) is 0 Å². The van der Waals surface area contributed by atoms with Crippen molar-refractivity contribution in [2.45, 2.75) is 46.6 Å². The van der Waals surface area contributed by atoms with Gasteiger partial charge in [0.15, 0.2) is 0 Å². The van der Waals surface area contributed by atoms with Gasteiger partial charge in [-0.3, -0.25) is 9.78 Å². The Morgan fingerprint density at radius 2 is 2.05 bits per heavy atom. The summed E-state index contributed by atoms with van der Waals surface area (Å²) >= 11 is 0. The fourth-order valence-corrected chi connectivity index (χ4v) is 1.61. The molecule has 4 heteroatoms. The van der Waals surface area contributed by atoms with Gasteiger partial charge in [-0.25, -0.2) is 0 Å². The average Bonchev–Trinajstić information content (AvgIpc) is 2.38. The quantitative estimate of drug-likeness (QED) is 0.795. The number of hydrogen-bond acceptors (Lipinski definition) is 3. The SMILES string of the molecule is CCC(C)Nc1cncc(C(=O)NCCC(C)C)c1. The Kier molecular flexibility index (Phi) is 6.33. The molecule has 1 amide bonds. The number of hydrogen-bond donors (Lipinski definition) is 2. The number of aromatic nitrogens is 1. The maximum Gasteiger partial charge on any atom is 0.252 e. The minimum atomic E-state index is -0.0547. The summed E-state index contributed by atoms with van der Waals surface area (Å²) in [6.45, 7) is 9.22. The molecule has 0 saturated carbocycles. The van der Waals surface area contributed by atoms with E-state index in [4.69, 9.17) is 0 Å². The molecule has 0 aliphatic heterocycles. The fraction of sp³-hybridized carbons (Fsp3) is 0.600. The molecule has 1 rings (SSSR count). The second kappa shape index (κ2) is 7.77. The predicted molar refractivity (Wildman–Crippen MR) is 79.4 cm³/mol. The largest absolute Gasteiger partial charge is 0.381 e. The number of rotatable bonds is 7. The Bertz CT molecular complexity index is 404. The molecular weight excluding hydrogens is 238 g/mol. The third-order valence-corrected chi connectivity index (χ3v) is 3.03. The number of pyridine rings is 1. The van der Waals surface area contributed by atoms with Crippen molar-refractivity contribution < 1.29 is 4.79 Å². The first-order valence-electron chi connectivity index (χ1n) is 7.02. The van der Waals surface area contributed by atoms with Crippen LogP contribution in [0, 0.1) is 5.92 Å². The summed E-state index contributed by atoms with van der Waals surface area (Å²) < 4.78 is 0. The monoisotopic (exact) mass is 263 g/mol. The predicted octanol–water partition coefficient (Wildman–Crippen LogP) is 3.07. The maximum absolute atomic E-state index is 12.0. The lowest BCUT2D eigenvalue weighted by molar-refractivity contribution is 0.0951. The van der Waals surface area contributed by atoms with Gasteiger partial charge in [-0.05, 0) is 31.7 Å². The van der Waals surface area contributed by atoms with E-state index in [1.165, 1.54) is 0 Å². The number of carbonyl (C=O) groups excluding carboxylic acids is 1. The van der Waals surface area contributed by atoms with Crippen LogP contribution in [0.5, 0.6) is 0 Å². The molecule has 0 aliphatic carbocycles. The summed E-state index contributed by atoms with van der Waals surface area (Å²) in [6, 6.07) is 2.23. The van der Waals surface area contributed by atoms with Gasteiger partial charge in [0.05, 0.1) is 11.3 Å². The van der Waals surface area contributed by atoms with Crippen LogP contribution in [0.4, 0.5) is 5.69 Å². The van der Waals surface area contributed by atoms with Crippen molar-refractivity contribution in [2.75, 3.05) is 11.9 Å². The van der Waals surface area contributed by atoms with Crippen LogP contribution in [0.25, 0.3) is 0 Å². The first-order valence-corrected chi connectivity index (χ1v) is 7.02. The molecule has 0 saturated heterocycles. The second-order valence-corrected chi connectivity index (χ2v) is 5.35. The fourth-order valence-electron chi connectivity index (χ4n) is 1.61. The van der Waals surface area contributed by atoms with Crippen molar-refractivity contribution >= 4 is 11.6 Å². The van der Waals surface area contributed by atoms with Gasteiger partial charge in [0.2, 0.25) is 0 Å². The minimum Gasteiger partial charge on any atom is -0.381 e. The number of nitrogens with one attached hydrogen (secondary N) is 2. The number of anilines is 1. The summed E-state index contributed by atoms with van der Waals surface area (Å²) in [7, 11) is 0. The highest BCUT2D eigenvalue weighted by molar-refractivity contribution is 5.94. The molecule has 1 heterocycles. The maximum atomic E-state index is 12.0. The zero-order chi connectivity index (χ0) is 14.3. The summed E-state index contributed by atoms with van der Waals surface area (Å²) in [5.41, 5.74) is 1.50. The van der Waals surface area contributed by atoms with E-state index in [2.05, 4.69) is 43.3 Å². The summed E-state index contributed by atoms with van der Waals surface area (Å²) in [6.07, 6.45) is 5.37.